The largest absolute Gasteiger partial charge is 0.377 e. The Hall–Kier alpha value is -1.08. The Labute approximate surface area is 131 Å². The molecule has 0 radical (unpaired) electrons. The summed E-state index contributed by atoms with van der Waals surface area (Å²) in [7, 11) is 0. The Balaban J connectivity index is 1.76. The SMILES string of the molecule is C=CCCCCCCCCCCCOCc1ccccc1. The number of rotatable bonds is 14. The molecule has 0 heterocycles. The normalized spacial score (nSPS) is 10.7. The van der Waals surface area contributed by atoms with E-state index in [0.29, 0.717) is 0 Å². The standard InChI is InChI=1S/C20H32O/c1-2-3-4-5-6-7-8-9-10-11-15-18-21-19-20-16-13-12-14-17-20/h2,12-14,16-17H,1,3-11,15,18-19H2. The first-order chi connectivity index (χ1) is 10.4. The van der Waals surface area contributed by atoms with Gasteiger partial charge in [-0.05, 0) is 24.8 Å². The van der Waals surface area contributed by atoms with Crippen LogP contribution in [0.1, 0.15) is 69.8 Å². The third-order valence-electron chi connectivity index (χ3n) is 3.81. The Morgan fingerprint density at radius 2 is 1.33 bits per heavy atom. The molecule has 0 bridgehead atoms. The molecular formula is C20H32O. The summed E-state index contributed by atoms with van der Waals surface area (Å²) in [5.74, 6) is 0. The van der Waals surface area contributed by atoms with Crippen molar-refractivity contribution in [1.29, 1.82) is 0 Å². The highest BCUT2D eigenvalue weighted by atomic mass is 16.5. The van der Waals surface area contributed by atoms with Gasteiger partial charge >= 0.3 is 0 Å². The zero-order valence-electron chi connectivity index (χ0n) is 13.6. The van der Waals surface area contributed by atoms with Gasteiger partial charge < -0.3 is 4.74 Å². The molecule has 0 aliphatic heterocycles. The first-order valence-corrected chi connectivity index (χ1v) is 8.66. The van der Waals surface area contributed by atoms with E-state index in [9.17, 15) is 0 Å². The third kappa shape index (κ3) is 11.3. The molecular weight excluding hydrogens is 256 g/mol. The second-order valence-corrected chi connectivity index (χ2v) is 5.80. The number of hydrogen-bond acceptors (Lipinski definition) is 1. The lowest BCUT2D eigenvalue weighted by atomic mass is 10.1. The topological polar surface area (TPSA) is 9.23 Å². The molecule has 1 heteroatoms. The molecule has 0 N–H and O–H groups in total. The Bertz CT molecular complexity index is 331. The van der Waals surface area contributed by atoms with Gasteiger partial charge in [0.1, 0.15) is 0 Å². The maximum absolute atomic E-state index is 5.69. The van der Waals surface area contributed by atoms with Gasteiger partial charge in [0.05, 0.1) is 6.61 Å². The molecule has 1 aromatic carbocycles. The molecule has 1 rings (SSSR count). The van der Waals surface area contributed by atoms with Crippen LogP contribution in [0.4, 0.5) is 0 Å². The minimum atomic E-state index is 0.756. The van der Waals surface area contributed by atoms with Crippen molar-refractivity contribution >= 4 is 0 Å². The number of hydrogen-bond donors (Lipinski definition) is 0. The zero-order chi connectivity index (χ0) is 15.0. The maximum atomic E-state index is 5.69. The molecule has 1 nitrogen and oxygen atoms in total. The molecule has 118 valence electrons. The van der Waals surface area contributed by atoms with Crippen LogP contribution in [0.5, 0.6) is 0 Å². The minimum Gasteiger partial charge on any atom is -0.377 e. The first-order valence-electron chi connectivity index (χ1n) is 8.66. The average molecular weight is 288 g/mol. The molecule has 1 aromatic rings. The smallest absolute Gasteiger partial charge is 0.0716 e. The summed E-state index contributed by atoms with van der Waals surface area (Å²) >= 11 is 0. The molecule has 0 saturated heterocycles. The van der Waals surface area contributed by atoms with Crippen LogP contribution in [-0.2, 0) is 11.3 Å². The lowest BCUT2D eigenvalue weighted by Gasteiger charge is -2.05. The Morgan fingerprint density at radius 3 is 1.95 bits per heavy atom. The van der Waals surface area contributed by atoms with E-state index in [0.717, 1.165) is 13.2 Å². The number of benzene rings is 1. The van der Waals surface area contributed by atoms with E-state index in [1.807, 2.05) is 12.1 Å². The van der Waals surface area contributed by atoms with Crippen molar-refractivity contribution in [3.63, 3.8) is 0 Å². The summed E-state index contributed by atoms with van der Waals surface area (Å²) < 4.78 is 5.69. The molecule has 0 saturated carbocycles. The second kappa shape index (κ2) is 13.9. The summed E-state index contributed by atoms with van der Waals surface area (Å²) in [6.07, 6.45) is 15.4. The van der Waals surface area contributed by atoms with Crippen molar-refractivity contribution in [3.05, 3.63) is 48.6 Å². The highest BCUT2D eigenvalue weighted by molar-refractivity contribution is 5.13. The van der Waals surface area contributed by atoms with Gasteiger partial charge in [0.2, 0.25) is 0 Å². The number of ether oxygens (including phenoxy) is 1. The molecule has 0 atom stereocenters. The highest BCUT2D eigenvalue weighted by Crippen LogP contribution is 2.11. The molecule has 0 aromatic heterocycles. The van der Waals surface area contributed by atoms with Crippen LogP contribution in [0.3, 0.4) is 0 Å². The van der Waals surface area contributed by atoms with Crippen LogP contribution in [0, 0.1) is 0 Å². The first kappa shape index (κ1) is 18.0. The van der Waals surface area contributed by atoms with Crippen molar-refractivity contribution in [1.82, 2.24) is 0 Å². The van der Waals surface area contributed by atoms with E-state index in [-0.39, 0.29) is 0 Å². The van der Waals surface area contributed by atoms with Gasteiger partial charge in [-0.3, -0.25) is 0 Å². The summed E-state index contributed by atoms with van der Waals surface area (Å²) in [6.45, 7) is 5.41. The van der Waals surface area contributed by atoms with Crippen LogP contribution >= 0.6 is 0 Å². The lowest BCUT2D eigenvalue weighted by molar-refractivity contribution is 0.116. The van der Waals surface area contributed by atoms with Gasteiger partial charge in [-0.1, -0.05) is 81.4 Å². The fourth-order valence-corrected chi connectivity index (χ4v) is 2.49. The van der Waals surface area contributed by atoms with E-state index >= 15 is 0 Å². The van der Waals surface area contributed by atoms with Gasteiger partial charge in [0, 0.05) is 6.61 Å². The van der Waals surface area contributed by atoms with E-state index in [4.69, 9.17) is 4.74 Å². The third-order valence-corrected chi connectivity index (χ3v) is 3.81. The minimum absolute atomic E-state index is 0.756. The van der Waals surface area contributed by atoms with E-state index in [2.05, 4.69) is 30.8 Å². The number of unbranched alkanes of at least 4 members (excludes halogenated alkanes) is 9. The summed E-state index contributed by atoms with van der Waals surface area (Å²) in [4.78, 5) is 0. The molecule has 0 aliphatic rings. The Morgan fingerprint density at radius 1 is 0.762 bits per heavy atom. The molecule has 0 fully saturated rings. The quantitative estimate of drug-likeness (QED) is 0.289. The highest BCUT2D eigenvalue weighted by Gasteiger charge is 1.94. The van der Waals surface area contributed by atoms with Crippen LogP contribution in [0.25, 0.3) is 0 Å². The summed E-state index contributed by atoms with van der Waals surface area (Å²) in [5.41, 5.74) is 1.27. The van der Waals surface area contributed by atoms with Gasteiger partial charge in [-0.2, -0.15) is 0 Å². The molecule has 0 spiro atoms. The van der Waals surface area contributed by atoms with Gasteiger partial charge in [0.25, 0.3) is 0 Å². The Kier molecular flexibility index (Phi) is 11.9. The number of allylic oxidation sites excluding steroid dienone is 1. The molecule has 0 aliphatic carbocycles. The fraction of sp³-hybridized carbons (Fsp3) is 0.600. The van der Waals surface area contributed by atoms with Crippen molar-refractivity contribution < 1.29 is 4.74 Å². The van der Waals surface area contributed by atoms with Crippen molar-refractivity contribution in [2.75, 3.05) is 6.61 Å². The fourth-order valence-electron chi connectivity index (χ4n) is 2.49. The molecule has 21 heavy (non-hydrogen) atoms. The lowest BCUT2D eigenvalue weighted by Crippen LogP contribution is -1.95. The van der Waals surface area contributed by atoms with Crippen molar-refractivity contribution in [3.8, 4) is 0 Å². The van der Waals surface area contributed by atoms with E-state index in [1.165, 1.54) is 69.8 Å². The van der Waals surface area contributed by atoms with Gasteiger partial charge in [-0.25, -0.2) is 0 Å². The van der Waals surface area contributed by atoms with Crippen LogP contribution in [0.2, 0.25) is 0 Å². The second-order valence-electron chi connectivity index (χ2n) is 5.80. The van der Waals surface area contributed by atoms with Crippen LogP contribution in [-0.4, -0.2) is 6.61 Å². The summed E-state index contributed by atoms with van der Waals surface area (Å²) in [6, 6.07) is 10.4. The van der Waals surface area contributed by atoms with Crippen LogP contribution < -0.4 is 0 Å². The summed E-state index contributed by atoms with van der Waals surface area (Å²) in [5, 5.41) is 0. The molecule has 0 unspecified atom stereocenters. The van der Waals surface area contributed by atoms with Crippen molar-refractivity contribution in [2.45, 2.75) is 70.8 Å². The van der Waals surface area contributed by atoms with E-state index < -0.39 is 0 Å². The monoisotopic (exact) mass is 288 g/mol. The zero-order valence-corrected chi connectivity index (χ0v) is 13.6. The predicted molar refractivity (Wildman–Crippen MR) is 92.5 cm³/mol. The van der Waals surface area contributed by atoms with E-state index in [1.54, 1.807) is 0 Å². The van der Waals surface area contributed by atoms with Gasteiger partial charge in [-0.15, -0.1) is 6.58 Å². The average Bonchev–Trinajstić information content (AvgIpc) is 2.53. The van der Waals surface area contributed by atoms with Gasteiger partial charge in [0.15, 0.2) is 0 Å². The maximum Gasteiger partial charge on any atom is 0.0716 e. The van der Waals surface area contributed by atoms with Crippen molar-refractivity contribution in [2.24, 2.45) is 0 Å². The molecule has 0 amide bonds. The van der Waals surface area contributed by atoms with Crippen LogP contribution in [0.15, 0.2) is 43.0 Å². The predicted octanol–water partition coefficient (Wildman–Crippen LogP) is 6.29.